The van der Waals surface area contributed by atoms with Crippen LogP contribution in [0.2, 0.25) is 0 Å². The molecule has 0 aromatic carbocycles. The molecule has 0 aromatic rings. The second-order valence-electron chi connectivity index (χ2n) is 20.7. The van der Waals surface area contributed by atoms with Gasteiger partial charge in [0.05, 0.1) is 25.4 Å². The number of nitrogens with one attached hydrogen (secondary N) is 1. The molecule has 2 unspecified atom stereocenters. The van der Waals surface area contributed by atoms with Crippen molar-refractivity contribution in [2.75, 3.05) is 13.2 Å². The van der Waals surface area contributed by atoms with Gasteiger partial charge in [0.1, 0.15) is 0 Å². The molecule has 1 amide bonds. The predicted octanol–water partition coefficient (Wildman–Crippen LogP) is 18.5. The van der Waals surface area contributed by atoms with Gasteiger partial charge in [-0.05, 0) is 51.4 Å². The quantitative estimate of drug-likeness (QED) is 0.0321. The maximum absolute atomic E-state index is 12.5. The summed E-state index contributed by atoms with van der Waals surface area (Å²) in [6.07, 6.45) is 66.4. The van der Waals surface area contributed by atoms with Crippen molar-refractivity contribution in [3.05, 3.63) is 12.2 Å². The van der Waals surface area contributed by atoms with Crippen LogP contribution in [0.5, 0.6) is 0 Å². The Bertz CT molecular complexity index is 986. The van der Waals surface area contributed by atoms with Crippen LogP contribution in [-0.4, -0.2) is 47.4 Å². The standard InChI is InChI=1S/C60H117NO5/c1-3-5-7-9-11-13-15-17-25-30-34-38-42-46-50-54-60(65)66-55-51-47-43-39-35-31-27-24-22-20-18-19-21-23-26-29-33-37-41-45-49-53-59(64)61-57(56-62)58(63)52-48-44-40-36-32-28-16-14-12-10-8-6-4-2/h19,21,57-58,62-63H,3-18,20,22-56H2,1-2H3,(H,61,64)/b21-19-. The molecule has 0 rings (SSSR count). The third-order valence-corrected chi connectivity index (χ3v) is 14.1. The lowest BCUT2D eigenvalue weighted by Crippen LogP contribution is -2.45. The number of amides is 1. The van der Waals surface area contributed by atoms with E-state index in [1.54, 1.807) is 0 Å². The van der Waals surface area contributed by atoms with Crippen molar-refractivity contribution < 1.29 is 24.5 Å². The molecule has 0 saturated carbocycles. The van der Waals surface area contributed by atoms with E-state index in [4.69, 9.17) is 4.74 Å². The number of ether oxygens (including phenoxy) is 1. The first-order valence-corrected chi connectivity index (χ1v) is 29.9. The molecule has 6 heteroatoms. The number of aliphatic hydroxyl groups excluding tert-OH is 2. The average Bonchev–Trinajstić information content (AvgIpc) is 3.32. The second-order valence-corrected chi connectivity index (χ2v) is 20.7. The summed E-state index contributed by atoms with van der Waals surface area (Å²) in [5.74, 6) is -0.0298. The van der Waals surface area contributed by atoms with E-state index in [9.17, 15) is 19.8 Å². The minimum absolute atomic E-state index is 0.0116. The molecule has 0 bridgehead atoms. The number of carbonyl (C=O) groups excluding carboxylic acids is 2. The molecule has 0 heterocycles. The van der Waals surface area contributed by atoms with Crippen molar-refractivity contribution in [2.24, 2.45) is 0 Å². The minimum atomic E-state index is -0.667. The first-order chi connectivity index (χ1) is 32.5. The molecule has 2 atom stereocenters. The molecule has 3 N–H and O–H groups in total. The van der Waals surface area contributed by atoms with Crippen LogP contribution in [0.1, 0.15) is 335 Å². The second kappa shape index (κ2) is 56.2. The fourth-order valence-electron chi connectivity index (χ4n) is 9.46. The van der Waals surface area contributed by atoms with Gasteiger partial charge < -0.3 is 20.3 Å². The molecule has 0 saturated heterocycles. The predicted molar refractivity (Wildman–Crippen MR) is 287 cm³/mol. The molecule has 0 aliphatic heterocycles. The molecular weight excluding hydrogens is 815 g/mol. The molecule has 0 radical (unpaired) electrons. The van der Waals surface area contributed by atoms with Crippen LogP contribution in [0.4, 0.5) is 0 Å². The van der Waals surface area contributed by atoms with E-state index in [-0.39, 0.29) is 18.5 Å². The number of aliphatic hydroxyl groups is 2. The van der Waals surface area contributed by atoms with Crippen LogP contribution < -0.4 is 5.32 Å². The lowest BCUT2D eigenvalue weighted by molar-refractivity contribution is -0.143. The summed E-state index contributed by atoms with van der Waals surface area (Å²) in [6.45, 7) is 4.96. The van der Waals surface area contributed by atoms with E-state index < -0.39 is 12.1 Å². The number of rotatable bonds is 56. The Labute approximate surface area is 412 Å². The van der Waals surface area contributed by atoms with Gasteiger partial charge in [0.15, 0.2) is 0 Å². The number of unbranched alkanes of at least 4 members (excludes halogenated alkanes) is 43. The lowest BCUT2D eigenvalue weighted by Gasteiger charge is -2.22. The number of hydrogen-bond donors (Lipinski definition) is 3. The van der Waals surface area contributed by atoms with Crippen LogP contribution >= 0.6 is 0 Å². The molecule has 0 spiro atoms. The number of hydrogen-bond acceptors (Lipinski definition) is 5. The maximum atomic E-state index is 12.5. The Morgan fingerprint density at radius 3 is 1.08 bits per heavy atom. The van der Waals surface area contributed by atoms with Gasteiger partial charge in [-0.2, -0.15) is 0 Å². The monoisotopic (exact) mass is 932 g/mol. The Balaban J connectivity index is 3.40. The fraction of sp³-hybridized carbons (Fsp3) is 0.933. The van der Waals surface area contributed by atoms with Crippen LogP contribution in [0, 0.1) is 0 Å². The van der Waals surface area contributed by atoms with Gasteiger partial charge in [0.25, 0.3) is 0 Å². The smallest absolute Gasteiger partial charge is 0.305 e. The van der Waals surface area contributed by atoms with Crippen LogP contribution in [0.15, 0.2) is 12.2 Å². The highest BCUT2D eigenvalue weighted by Gasteiger charge is 2.20. The zero-order chi connectivity index (χ0) is 47.9. The lowest BCUT2D eigenvalue weighted by atomic mass is 10.0. The molecular formula is C60H117NO5. The van der Waals surface area contributed by atoms with Crippen molar-refractivity contribution in [1.29, 1.82) is 0 Å². The van der Waals surface area contributed by atoms with E-state index in [2.05, 4.69) is 31.3 Å². The fourth-order valence-corrected chi connectivity index (χ4v) is 9.46. The first kappa shape index (κ1) is 64.6. The van der Waals surface area contributed by atoms with Crippen molar-refractivity contribution in [2.45, 2.75) is 347 Å². The van der Waals surface area contributed by atoms with Gasteiger partial charge in [0, 0.05) is 12.8 Å². The van der Waals surface area contributed by atoms with E-state index in [1.807, 2.05) is 0 Å². The number of allylic oxidation sites excluding steroid dienone is 2. The van der Waals surface area contributed by atoms with Crippen molar-refractivity contribution in [3.63, 3.8) is 0 Å². The summed E-state index contributed by atoms with van der Waals surface area (Å²) < 4.78 is 5.48. The first-order valence-electron chi connectivity index (χ1n) is 29.9. The zero-order valence-electron chi connectivity index (χ0n) is 44.7. The normalized spacial score (nSPS) is 12.6. The van der Waals surface area contributed by atoms with Gasteiger partial charge in [0.2, 0.25) is 5.91 Å². The molecule has 66 heavy (non-hydrogen) atoms. The Hall–Kier alpha value is -1.40. The summed E-state index contributed by atoms with van der Waals surface area (Å²) in [7, 11) is 0. The van der Waals surface area contributed by atoms with Gasteiger partial charge >= 0.3 is 5.97 Å². The molecule has 6 nitrogen and oxygen atoms in total. The molecule has 0 aromatic heterocycles. The number of carbonyl (C=O) groups is 2. The summed E-state index contributed by atoms with van der Waals surface area (Å²) in [4.78, 5) is 24.5. The SMILES string of the molecule is CCCCCCCCCCCCCCCCCC(=O)OCCCCCCCCCCCC/C=C\CCCCCCCCCC(=O)NC(CO)C(O)CCCCCCCCCCCCCCC. The topological polar surface area (TPSA) is 95.9 Å². The van der Waals surface area contributed by atoms with E-state index >= 15 is 0 Å². The highest BCUT2D eigenvalue weighted by Crippen LogP contribution is 2.17. The molecule has 392 valence electrons. The molecule has 0 aliphatic carbocycles. The largest absolute Gasteiger partial charge is 0.466 e. The van der Waals surface area contributed by atoms with Crippen LogP contribution in [0.3, 0.4) is 0 Å². The average molecular weight is 933 g/mol. The van der Waals surface area contributed by atoms with Gasteiger partial charge in [-0.25, -0.2) is 0 Å². The third kappa shape index (κ3) is 52.0. The van der Waals surface area contributed by atoms with E-state index in [1.165, 1.54) is 263 Å². The Morgan fingerprint density at radius 1 is 0.409 bits per heavy atom. The summed E-state index contributed by atoms with van der Waals surface area (Å²) in [5.41, 5.74) is 0. The third-order valence-electron chi connectivity index (χ3n) is 14.1. The van der Waals surface area contributed by atoms with Gasteiger partial charge in [-0.1, -0.05) is 283 Å². The number of esters is 1. The van der Waals surface area contributed by atoms with Crippen molar-refractivity contribution >= 4 is 11.9 Å². The highest BCUT2D eigenvalue weighted by atomic mass is 16.5. The molecule has 0 fully saturated rings. The highest BCUT2D eigenvalue weighted by molar-refractivity contribution is 5.76. The summed E-state index contributed by atoms with van der Waals surface area (Å²) >= 11 is 0. The summed E-state index contributed by atoms with van der Waals surface area (Å²) in [6, 6.07) is -0.545. The van der Waals surface area contributed by atoms with Crippen molar-refractivity contribution in [3.8, 4) is 0 Å². The molecule has 0 aliphatic rings. The zero-order valence-corrected chi connectivity index (χ0v) is 44.7. The Morgan fingerprint density at radius 2 is 0.712 bits per heavy atom. The maximum Gasteiger partial charge on any atom is 0.305 e. The van der Waals surface area contributed by atoms with Crippen LogP contribution in [0.25, 0.3) is 0 Å². The van der Waals surface area contributed by atoms with Gasteiger partial charge in [-0.15, -0.1) is 0 Å². The Kier molecular flexibility index (Phi) is 55.0. The van der Waals surface area contributed by atoms with Crippen LogP contribution in [-0.2, 0) is 14.3 Å². The van der Waals surface area contributed by atoms with E-state index in [0.717, 1.165) is 38.5 Å². The van der Waals surface area contributed by atoms with Crippen molar-refractivity contribution in [1.82, 2.24) is 5.32 Å². The van der Waals surface area contributed by atoms with Gasteiger partial charge in [-0.3, -0.25) is 9.59 Å². The summed E-state index contributed by atoms with van der Waals surface area (Å²) in [5, 5.41) is 23.2. The van der Waals surface area contributed by atoms with E-state index in [0.29, 0.717) is 25.9 Å². The minimum Gasteiger partial charge on any atom is -0.466 e.